The van der Waals surface area contributed by atoms with E-state index in [1.165, 1.54) is 0 Å². The maximum absolute atomic E-state index is 12.3. The van der Waals surface area contributed by atoms with Crippen LogP contribution in [-0.4, -0.2) is 43.6 Å². The van der Waals surface area contributed by atoms with Gasteiger partial charge in [0, 0.05) is 31.5 Å². The third-order valence-corrected chi connectivity index (χ3v) is 4.49. The van der Waals surface area contributed by atoms with Gasteiger partial charge in [-0.2, -0.15) is 0 Å². The quantitative estimate of drug-likeness (QED) is 0.850. The summed E-state index contributed by atoms with van der Waals surface area (Å²) in [4.78, 5) is 28.0. The predicted octanol–water partition coefficient (Wildman–Crippen LogP) is 3.53. The Kier molecular flexibility index (Phi) is 5.96. The molecule has 1 aliphatic heterocycles. The lowest BCUT2D eigenvalue weighted by atomic mass is 10.1. The summed E-state index contributed by atoms with van der Waals surface area (Å²) >= 11 is 0. The van der Waals surface area contributed by atoms with E-state index in [9.17, 15) is 9.59 Å². The van der Waals surface area contributed by atoms with Gasteiger partial charge in [0.1, 0.15) is 5.75 Å². The van der Waals surface area contributed by atoms with E-state index in [0.29, 0.717) is 25.3 Å². The van der Waals surface area contributed by atoms with Crippen LogP contribution in [0.4, 0.5) is 16.2 Å². The fourth-order valence-electron chi connectivity index (χ4n) is 3.09. The molecule has 1 heterocycles. The molecule has 1 fully saturated rings. The first-order valence-electron chi connectivity index (χ1n) is 9.21. The van der Waals surface area contributed by atoms with Crippen LogP contribution >= 0.6 is 0 Å². The second-order valence-electron chi connectivity index (χ2n) is 6.56. The van der Waals surface area contributed by atoms with E-state index >= 15 is 0 Å². The summed E-state index contributed by atoms with van der Waals surface area (Å²) in [6, 6.07) is 14.9. The van der Waals surface area contributed by atoms with Crippen LogP contribution in [0.5, 0.6) is 5.75 Å². The average Bonchev–Trinajstić information content (AvgIpc) is 2.66. The molecule has 2 aromatic rings. The highest BCUT2D eigenvalue weighted by Crippen LogP contribution is 2.22. The van der Waals surface area contributed by atoms with Crippen LogP contribution in [0, 0.1) is 0 Å². The highest BCUT2D eigenvalue weighted by atomic mass is 16.5. The maximum atomic E-state index is 12.3. The number of nitrogens with zero attached hydrogens (tertiary/aromatic N) is 2. The molecule has 3 rings (SSSR count). The number of rotatable bonds is 6. The van der Waals surface area contributed by atoms with Crippen molar-refractivity contribution in [3.63, 3.8) is 0 Å². The summed E-state index contributed by atoms with van der Waals surface area (Å²) in [6.07, 6.45) is 1.24. The van der Waals surface area contributed by atoms with Crippen molar-refractivity contribution in [1.29, 1.82) is 0 Å². The normalized spacial score (nSPS) is 14.2. The first-order chi connectivity index (χ1) is 13.1. The molecule has 142 valence electrons. The van der Waals surface area contributed by atoms with Crippen molar-refractivity contribution in [3.05, 3.63) is 54.1 Å². The summed E-state index contributed by atoms with van der Waals surface area (Å²) in [7, 11) is 1.81. The Bertz CT molecular complexity index is 787. The number of urea groups is 1. The Hall–Kier alpha value is -3.02. The fourth-order valence-corrected chi connectivity index (χ4v) is 3.09. The van der Waals surface area contributed by atoms with Gasteiger partial charge >= 0.3 is 6.03 Å². The summed E-state index contributed by atoms with van der Waals surface area (Å²) in [5.41, 5.74) is 2.48. The summed E-state index contributed by atoms with van der Waals surface area (Å²) in [6.45, 7) is 4.06. The third kappa shape index (κ3) is 4.78. The zero-order chi connectivity index (χ0) is 19.2. The Labute approximate surface area is 159 Å². The van der Waals surface area contributed by atoms with Crippen LogP contribution in [0.15, 0.2) is 48.5 Å². The number of carbonyl (C=O) groups excluding carboxylic acids is 2. The highest BCUT2D eigenvalue weighted by Gasteiger charge is 2.23. The molecule has 0 radical (unpaired) electrons. The van der Waals surface area contributed by atoms with E-state index in [0.717, 1.165) is 30.0 Å². The third-order valence-electron chi connectivity index (χ3n) is 4.49. The van der Waals surface area contributed by atoms with Gasteiger partial charge in [-0.05, 0) is 55.3 Å². The van der Waals surface area contributed by atoms with Crippen molar-refractivity contribution in [1.82, 2.24) is 4.90 Å². The van der Waals surface area contributed by atoms with E-state index in [2.05, 4.69) is 5.32 Å². The maximum Gasteiger partial charge on any atom is 0.324 e. The molecule has 0 aromatic heterocycles. The smallest absolute Gasteiger partial charge is 0.324 e. The van der Waals surface area contributed by atoms with Crippen molar-refractivity contribution in [2.24, 2.45) is 0 Å². The number of carbonyl (C=O) groups is 2. The van der Waals surface area contributed by atoms with Crippen LogP contribution in [0.1, 0.15) is 18.9 Å². The lowest BCUT2D eigenvalue weighted by molar-refractivity contribution is -0.115. The van der Waals surface area contributed by atoms with E-state index in [1.54, 1.807) is 9.80 Å². The molecule has 1 saturated heterocycles. The van der Waals surface area contributed by atoms with Crippen molar-refractivity contribution in [2.45, 2.75) is 19.8 Å². The van der Waals surface area contributed by atoms with Crippen LogP contribution in [0.3, 0.4) is 0 Å². The fraction of sp³-hybridized carbons (Fsp3) is 0.333. The van der Waals surface area contributed by atoms with Gasteiger partial charge in [0.25, 0.3) is 0 Å². The summed E-state index contributed by atoms with van der Waals surface area (Å²) < 4.78 is 5.41. The van der Waals surface area contributed by atoms with E-state index in [4.69, 9.17) is 4.74 Å². The van der Waals surface area contributed by atoms with Crippen LogP contribution in [-0.2, 0) is 11.2 Å². The number of anilines is 2. The molecular formula is C21H25N3O3. The number of nitrogens with one attached hydrogen (secondary N) is 1. The Balaban J connectivity index is 1.57. The van der Waals surface area contributed by atoms with Crippen LogP contribution in [0.25, 0.3) is 0 Å². The molecule has 0 aliphatic carbocycles. The van der Waals surface area contributed by atoms with Gasteiger partial charge in [-0.3, -0.25) is 9.69 Å². The molecule has 0 spiro atoms. The molecule has 0 unspecified atom stereocenters. The van der Waals surface area contributed by atoms with Gasteiger partial charge in [-0.25, -0.2) is 4.79 Å². The SMILES string of the molecule is CCOc1ccc(CC(=O)Nc2ccc(N3CCCN(C)C3=O)cc2)cc1. The molecule has 6 heteroatoms. The lowest BCUT2D eigenvalue weighted by Crippen LogP contribution is -2.47. The van der Waals surface area contributed by atoms with Crippen molar-refractivity contribution >= 4 is 23.3 Å². The number of ether oxygens (including phenoxy) is 1. The molecule has 6 nitrogen and oxygen atoms in total. The average molecular weight is 367 g/mol. The number of amides is 3. The minimum absolute atomic E-state index is 0.00790. The number of hydrogen-bond acceptors (Lipinski definition) is 3. The number of hydrogen-bond donors (Lipinski definition) is 1. The van der Waals surface area contributed by atoms with Gasteiger partial charge in [0.2, 0.25) is 5.91 Å². The van der Waals surface area contributed by atoms with Crippen molar-refractivity contribution < 1.29 is 14.3 Å². The van der Waals surface area contributed by atoms with Crippen molar-refractivity contribution in [2.75, 3.05) is 37.0 Å². The Morgan fingerprint density at radius 1 is 1.07 bits per heavy atom. The largest absolute Gasteiger partial charge is 0.494 e. The van der Waals surface area contributed by atoms with E-state index in [1.807, 2.05) is 62.5 Å². The predicted molar refractivity (Wildman–Crippen MR) is 106 cm³/mol. The molecule has 1 N–H and O–H groups in total. The zero-order valence-corrected chi connectivity index (χ0v) is 15.8. The topological polar surface area (TPSA) is 61.9 Å². The highest BCUT2D eigenvalue weighted by molar-refractivity contribution is 5.94. The lowest BCUT2D eigenvalue weighted by Gasteiger charge is -2.33. The molecule has 27 heavy (non-hydrogen) atoms. The van der Waals surface area contributed by atoms with E-state index in [-0.39, 0.29) is 11.9 Å². The molecule has 0 atom stereocenters. The molecule has 1 aliphatic rings. The Morgan fingerprint density at radius 3 is 2.44 bits per heavy atom. The van der Waals surface area contributed by atoms with Crippen LogP contribution in [0.2, 0.25) is 0 Å². The Morgan fingerprint density at radius 2 is 1.78 bits per heavy atom. The minimum atomic E-state index is -0.0827. The summed E-state index contributed by atoms with van der Waals surface area (Å²) in [5.74, 6) is 0.718. The van der Waals surface area contributed by atoms with E-state index < -0.39 is 0 Å². The van der Waals surface area contributed by atoms with Gasteiger partial charge in [-0.1, -0.05) is 12.1 Å². The molecule has 0 saturated carbocycles. The first-order valence-corrected chi connectivity index (χ1v) is 9.21. The molecule has 3 amide bonds. The summed E-state index contributed by atoms with van der Waals surface area (Å²) in [5, 5.41) is 2.90. The molecule has 2 aromatic carbocycles. The first kappa shape index (κ1) is 18.8. The second kappa shape index (κ2) is 8.58. The monoisotopic (exact) mass is 367 g/mol. The van der Waals surface area contributed by atoms with Gasteiger partial charge < -0.3 is 15.0 Å². The van der Waals surface area contributed by atoms with Gasteiger partial charge in [0.05, 0.1) is 13.0 Å². The van der Waals surface area contributed by atoms with Crippen molar-refractivity contribution in [3.8, 4) is 5.75 Å². The second-order valence-corrected chi connectivity index (χ2v) is 6.56. The standard InChI is InChI=1S/C21H25N3O3/c1-3-27-19-11-5-16(6-12-19)15-20(25)22-17-7-9-18(10-8-17)24-14-4-13-23(2)21(24)26/h5-12H,3-4,13-15H2,1-2H3,(H,22,25). The number of benzene rings is 2. The minimum Gasteiger partial charge on any atom is -0.494 e. The zero-order valence-electron chi connectivity index (χ0n) is 15.8. The molecular weight excluding hydrogens is 342 g/mol. The van der Waals surface area contributed by atoms with Gasteiger partial charge in [-0.15, -0.1) is 0 Å². The molecule has 0 bridgehead atoms. The van der Waals surface area contributed by atoms with Crippen LogP contribution < -0.4 is 15.0 Å². The van der Waals surface area contributed by atoms with Gasteiger partial charge in [0.15, 0.2) is 0 Å².